The predicted octanol–water partition coefficient (Wildman–Crippen LogP) is 0.618. The van der Waals surface area contributed by atoms with Crippen molar-refractivity contribution in [1.29, 1.82) is 0 Å². The molecule has 1 fully saturated rings. The lowest BCUT2D eigenvalue weighted by atomic mass is 10.5. The van der Waals surface area contributed by atoms with E-state index in [1.165, 1.54) is 12.8 Å². The molecule has 1 aliphatic carbocycles. The smallest absolute Gasteiger partial charge is 0.129 e. The second-order valence-corrected chi connectivity index (χ2v) is 2.53. The summed E-state index contributed by atoms with van der Waals surface area (Å²) in [6, 6.07) is 0. The van der Waals surface area contributed by atoms with Crippen molar-refractivity contribution >= 4 is 6.21 Å². The maximum absolute atomic E-state index is 4.93. The molecule has 1 N–H and O–H groups in total. The Morgan fingerprint density at radius 1 is 1.70 bits per heavy atom. The van der Waals surface area contributed by atoms with Gasteiger partial charge in [-0.3, -0.25) is 0 Å². The third kappa shape index (κ3) is 3.45. The minimum atomic E-state index is 0.666. The minimum Gasteiger partial charge on any atom is -0.395 e. The second-order valence-electron chi connectivity index (χ2n) is 2.53. The molecule has 1 aliphatic rings. The first-order chi connectivity index (χ1) is 4.93. The third-order valence-corrected chi connectivity index (χ3v) is 1.41. The Kier molecular flexibility index (Phi) is 3.22. The van der Waals surface area contributed by atoms with Gasteiger partial charge in [-0.1, -0.05) is 5.16 Å². The first-order valence-corrected chi connectivity index (χ1v) is 3.73. The van der Waals surface area contributed by atoms with E-state index in [1.807, 2.05) is 13.3 Å². The molecule has 0 aromatic carbocycles. The fourth-order valence-corrected chi connectivity index (χ4v) is 0.575. The Balaban J connectivity index is 1.83. The lowest BCUT2D eigenvalue weighted by Gasteiger charge is -1.95. The monoisotopic (exact) mass is 142 g/mol. The molecule has 0 atom stereocenters. The summed E-state index contributed by atoms with van der Waals surface area (Å²) in [5.41, 5.74) is 0. The topological polar surface area (TPSA) is 33.6 Å². The summed E-state index contributed by atoms with van der Waals surface area (Å²) in [5.74, 6) is 0.717. The van der Waals surface area contributed by atoms with Gasteiger partial charge in [0.15, 0.2) is 0 Å². The van der Waals surface area contributed by atoms with E-state index in [0.717, 1.165) is 12.5 Å². The highest BCUT2D eigenvalue weighted by atomic mass is 16.6. The molecule has 0 unspecified atom stereocenters. The molecule has 0 heterocycles. The zero-order valence-electron chi connectivity index (χ0n) is 6.34. The van der Waals surface area contributed by atoms with Gasteiger partial charge in [0.05, 0.1) is 0 Å². The molecule has 58 valence electrons. The van der Waals surface area contributed by atoms with Gasteiger partial charge in [-0.05, 0) is 25.8 Å². The Morgan fingerprint density at radius 3 is 3.10 bits per heavy atom. The van der Waals surface area contributed by atoms with Gasteiger partial charge >= 0.3 is 0 Å². The van der Waals surface area contributed by atoms with Crippen LogP contribution in [0.15, 0.2) is 5.16 Å². The van der Waals surface area contributed by atoms with E-state index in [1.54, 1.807) is 0 Å². The molecule has 1 saturated carbocycles. The Labute approximate surface area is 61.4 Å². The van der Waals surface area contributed by atoms with Crippen molar-refractivity contribution in [2.24, 2.45) is 11.1 Å². The molecular formula is C7H14N2O. The highest BCUT2D eigenvalue weighted by molar-refractivity contribution is 5.62. The van der Waals surface area contributed by atoms with Gasteiger partial charge in [-0.25, -0.2) is 0 Å². The van der Waals surface area contributed by atoms with Crippen molar-refractivity contribution in [2.45, 2.75) is 12.8 Å². The molecule has 0 spiro atoms. The standard InChI is InChI=1S/C7H14N2O/c1-8-4-5-10-9-6-7-2-3-7/h6-8H,2-5H2,1H3/b9-6-. The molecule has 0 aliphatic heterocycles. The largest absolute Gasteiger partial charge is 0.395 e. The fraction of sp³-hybridized carbons (Fsp3) is 0.857. The molecule has 0 radical (unpaired) electrons. The van der Waals surface area contributed by atoms with E-state index in [4.69, 9.17) is 4.84 Å². The number of hydrogen-bond donors (Lipinski definition) is 1. The van der Waals surface area contributed by atoms with Gasteiger partial charge in [0, 0.05) is 12.8 Å². The molecule has 3 heteroatoms. The highest BCUT2D eigenvalue weighted by Crippen LogP contribution is 2.26. The zero-order valence-corrected chi connectivity index (χ0v) is 6.34. The normalized spacial score (nSPS) is 18.1. The number of nitrogens with one attached hydrogen (secondary N) is 1. The van der Waals surface area contributed by atoms with Gasteiger partial charge in [0.1, 0.15) is 6.61 Å². The van der Waals surface area contributed by atoms with Crippen LogP contribution in [0.2, 0.25) is 0 Å². The number of rotatable bonds is 5. The maximum atomic E-state index is 4.93. The first kappa shape index (κ1) is 7.54. The quantitative estimate of drug-likeness (QED) is 0.347. The van der Waals surface area contributed by atoms with Crippen molar-refractivity contribution in [3.8, 4) is 0 Å². The van der Waals surface area contributed by atoms with E-state index in [9.17, 15) is 0 Å². The summed E-state index contributed by atoms with van der Waals surface area (Å²) >= 11 is 0. The first-order valence-electron chi connectivity index (χ1n) is 3.73. The average molecular weight is 142 g/mol. The van der Waals surface area contributed by atoms with Crippen LogP contribution in [0.3, 0.4) is 0 Å². The van der Waals surface area contributed by atoms with Crippen LogP contribution in [0.5, 0.6) is 0 Å². The summed E-state index contributed by atoms with van der Waals surface area (Å²) in [4.78, 5) is 4.93. The van der Waals surface area contributed by atoms with Crippen LogP contribution in [0.4, 0.5) is 0 Å². The second kappa shape index (κ2) is 4.28. The van der Waals surface area contributed by atoms with Crippen molar-refractivity contribution in [3.05, 3.63) is 0 Å². The van der Waals surface area contributed by atoms with Gasteiger partial charge in [-0.2, -0.15) is 0 Å². The molecule has 1 rings (SSSR count). The van der Waals surface area contributed by atoms with Crippen molar-refractivity contribution in [1.82, 2.24) is 5.32 Å². The summed E-state index contributed by atoms with van der Waals surface area (Å²) in [5, 5.41) is 6.78. The van der Waals surface area contributed by atoms with Crippen molar-refractivity contribution in [2.75, 3.05) is 20.2 Å². The Morgan fingerprint density at radius 2 is 2.50 bits per heavy atom. The number of nitrogens with zero attached hydrogens (tertiary/aromatic N) is 1. The number of likely N-dealkylation sites (N-methyl/N-ethyl adjacent to an activating group) is 1. The van der Waals surface area contributed by atoms with E-state index < -0.39 is 0 Å². The predicted molar refractivity (Wildman–Crippen MR) is 41.1 cm³/mol. The van der Waals surface area contributed by atoms with Crippen molar-refractivity contribution < 1.29 is 4.84 Å². The van der Waals surface area contributed by atoms with Gasteiger partial charge in [0.2, 0.25) is 0 Å². The van der Waals surface area contributed by atoms with Gasteiger partial charge < -0.3 is 10.2 Å². The molecule has 0 aromatic rings. The van der Waals surface area contributed by atoms with E-state index in [2.05, 4.69) is 10.5 Å². The Bertz CT molecular complexity index is 110. The van der Waals surface area contributed by atoms with Crippen LogP contribution < -0.4 is 5.32 Å². The summed E-state index contributed by atoms with van der Waals surface area (Å²) in [6.45, 7) is 1.53. The highest BCUT2D eigenvalue weighted by Gasteiger charge is 2.18. The van der Waals surface area contributed by atoms with Crippen LogP contribution in [-0.2, 0) is 4.84 Å². The molecule has 0 amide bonds. The van der Waals surface area contributed by atoms with Crippen LogP contribution in [0.25, 0.3) is 0 Å². The van der Waals surface area contributed by atoms with Crippen LogP contribution in [0, 0.1) is 5.92 Å². The summed E-state index contributed by atoms with van der Waals surface area (Å²) in [7, 11) is 1.90. The molecular weight excluding hydrogens is 128 g/mol. The van der Waals surface area contributed by atoms with Crippen LogP contribution >= 0.6 is 0 Å². The summed E-state index contributed by atoms with van der Waals surface area (Å²) in [6.07, 6.45) is 4.48. The average Bonchev–Trinajstić information content (AvgIpc) is 2.71. The molecule has 0 saturated heterocycles. The number of hydrogen-bond acceptors (Lipinski definition) is 3. The molecule has 3 nitrogen and oxygen atoms in total. The van der Waals surface area contributed by atoms with Gasteiger partial charge in [0.25, 0.3) is 0 Å². The molecule has 10 heavy (non-hydrogen) atoms. The van der Waals surface area contributed by atoms with Crippen molar-refractivity contribution in [3.63, 3.8) is 0 Å². The zero-order chi connectivity index (χ0) is 7.23. The lowest BCUT2D eigenvalue weighted by Crippen LogP contribution is -2.12. The SMILES string of the molecule is CNCCO/N=C\C1CC1. The van der Waals surface area contributed by atoms with E-state index in [0.29, 0.717) is 6.61 Å². The lowest BCUT2D eigenvalue weighted by molar-refractivity contribution is 0.148. The third-order valence-electron chi connectivity index (χ3n) is 1.41. The van der Waals surface area contributed by atoms with Crippen LogP contribution in [0.1, 0.15) is 12.8 Å². The molecule has 0 bridgehead atoms. The van der Waals surface area contributed by atoms with Gasteiger partial charge in [-0.15, -0.1) is 0 Å². The maximum Gasteiger partial charge on any atom is 0.129 e. The summed E-state index contributed by atoms with van der Waals surface area (Å²) < 4.78 is 0. The van der Waals surface area contributed by atoms with E-state index in [-0.39, 0.29) is 0 Å². The minimum absolute atomic E-state index is 0.666. The molecule has 0 aromatic heterocycles. The van der Waals surface area contributed by atoms with Crippen LogP contribution in [-0.4, -0.2) is 26.4 Å². The van der Waals surface area contributed by atoms with E-state index >= 15 is 0 Å². The fourth-order valence-electron chi connectivity index (χ4n) is 0.575. The number of oxime groups is 1. The Hall–Kier alpha value is -0.570.